The van der Waals surface area contributed by atoms with Crippen LogP contribution in [0.3, 0.4) is 0 Å². The Morgan fingerprint density at radius 3 is 2.61 bits per heavy atom. The van der Waals surface area contributed by atoms with Gasteiger partial charge in [0.15, 0.2) is 0 Å². The minimum Gasteiger partial charge on any atom is -0.378 e. The minimum atomic E-state index is -4.60. The average Bonchev–Trinajstić information content (AvgIpc) is 3.24. The molecule has 10 heteroatoms. The van der Waals surface area contributed by atoms with Crippen LogP contribution in [-0.2, 0) is 15.7 Å². The Hall–Kier alpha value is -2.33. The molecule has 2 atom stereocenters. The van der Waals surface area contributed by atoms with Crippen molar-refractivity contribution in [2.45, 2.75) is 24.7 Å². The lowest BCUT2D eigenvalue weighted by atomic mass is 10.0. The first-order chi connectivity index (χ1) is 14.8. The second kappa shape index (κ2) is 9.04. The Bertz CT molecular complexity index is 950. The van der Waals surface area contributed by atoms with Gasteiger partial charge in [-0.25, -0.2) is 10.9 Å². The number of alkyl halides is 3. The van der Waals surface area contributed by atoms with Gasteiger partial charge in [-0.1, -0.05) is 23.7 Å². The molecule has 2 fully saturated rings. The first-order valence-corrected chi connectivity index (χ1v) is 10.3. The van der Waals surface area contributed by atoms with E-state index in [2.05, 4.69) is 16.2 Å². The molecule has 0 aromatic heterocycles. The van der Waals surface area contributed by atoms with Crippen molar-refractivity contribution in [2.24, 2.45) is 0 Å². The van der Waals surface area contributed by atoms with Gasteiger partial charge in [0.25, 0.3) is 0 Å². The number of ether oxygens (including phenoxy) is 1. The molecule has 2 aromatic carbocycles. The molecule has 1 amide bonds. The van der Waals surface area contributed by atoms with Gasteiger partial charge in [0, 0.05) is 29.8 Å². The first kappa shape index (κ1) is 21.9. The molecule has 2 heterocycles. The van der Waals surface area contributed by atoms with Crippen molar-refractivity contribution in [3.63, 3.8) is 0 Å². The smallest absolute Gasteiger partial charge is 0.378 e. The number of morpholine rings is 1. The van der Waals surface area contributed by atoms with Crippen LogP contribution < -0.4 is 21.1 Å². The summed E-state index contributed by atoms with van der Waals surface area (Å²) in [7, 11) is 0. The number of hydrogen-bond acceptors (Lipinski definition) is 5. The summed E-state index contributed by atoms with van der Waals surface area (Å²) in [5.41, 5.74) is 6.07. The van der Waals surface area contributed by atoms with Crippen molar-refractivity contribution in [3.05, 3.63) is 58.6 Å². The summed E-state index contributed by atoms with van der Waals surface area (Å²) in [6.45, 7) is 1.97. The van der Waals surface area contributed by atoms with E-state index in [1.54, 1.807) is 24.3 Å². The number of nitrogens with one attached hydrogen (secondary N) is 3. The van der Waals surface area contributed by atoms with Crippen molar-refractivity contribution < 1.29 is 22.7 Å². The summed E-state index contributed by atoms with van der Waals surface area (Å²) in [6, 6.07) is 10.3. The number of carbonyl (C=O) groups excluding carboxylic acids is 1. The van der Waals surface area contributed by atoms with E-state index in [1.165, 1.54) is 6.07 Å². The molecule has 2 unspecified atom stereocenters. The molecule has 6 nitrogen and oxygen atoms in total. The van der Waals surface area contributed by atoms with Crippen LogP contribution in [-0.4, -0.2) is 38.3 Å². The number of halogens is 4. The zero-order valence-corrected chi connectivity index (χ0v) is 17.3. The minimum absolute atomic E-state index is 0.180. The summed E-state index contributed by atoms with van der Waals surface area (Å²) in [5.74, 6) is -0.540. The van der Waals surface area contributed by atoms with E-state index >= 15 is 0 Å². The maximum atomic E-state index is 13.7. The van der Waals surface area contributed by atoms with Crippen LogP contribution in [0.25, 0.3) is 0 Å². The van der Waals surface area contributed by atoms with Gasteiger partial charge in [0.05, 0.1) is 24.5 Å². The number of carbonyl (C=O) groups is 1. The molecule has 2 aliphatic heterocycles. The predicted molar refractivity (Wildman–Crippen MR) is 112 cm³/mol. The highest BCUT2D eigenvalue weighted by Gasteiger charge is 2.36. The molecule has 0 spiro atoms. The fourth-order valence-corrected chi connectivity index (χ4v) is 3.98. The third kappa shape index (κ3) is 5.12. The fraction of sp³-hybridized carbons (Fsp3) is 0.381. The quantitative estimate of drug-likeness (QED) is 0.657. The van der Waals surface area contributed by atoms with Gasteiger partial charge in [0.2, 0.25) is 5.91 Å². The lowest BCUT2D eigenvalue weighted by Crippen LogP contribution is -2.40. The van der Waals surface area contributed by atoms with Gasteiger partial charge in [-0.15, -0.1) is 0 Å². The summed E-state index contributed by atoms with van der Waals surface area (Å²) in [6.07, 6.45) is -4.23. The summed E-state index contributed by atoms with van der Waals surface area (Å²) in [5, 5.41) is 3.01. The van der Waals surface area contributed by atoms with E-state index in [0.29, 0.717) is 43.4 Å². The molecule has 2 saturated heterocycles. The van der Waals surface area contributed by atoms with Gasteiger partial charge < -0.3 is 15.0 Å². The molecular formula is C21H22ClF3N4O2. The molecular weight excluding hydrogens is 433 g/mol. The van der Waals surface area contributed by atoms with Crippen LogP contribution in [0.15, 0.2) is 42.5 Å². The Kier molecular flexibility index (Phi) is 6.38. The van der Waals surface area contributed by atoms with E-state index in [9.17, 15) is 18.0 Å². The van der Waals surface area contributed by atoms with E-state index < -0.39 is 23.7 Å². The Morgan fingerprint density at radius 1 is 1.13 bits per heavy atom. The van der Waals surface area contributed by atoms with E-state index in [1.807, 2.05) is 11.0 Å². The van der Waals surface area contributed by atoms with Gasteiger partial charge in [0.1, 0.15) is 6.04 Å². The van der Waals surface area contributed by atoms with E-state index in [-0.39, 0.29) is 11.7 Å². The second-order valence-corrected chi connectivity index (χ2v) is 7.94. The number of amides is 1. The summed E-state index contributed by atoms with van der Waals surface area (Å²) >= 11 is 6.01. The highest BCUT2D eigenvalue weighted by atomic mass is 35.5. The van der Waals surface area contributed by atoms with Crippen molar-refractivity contribution in [3.8, 4) is 0 Å². The van der Waals surface area contributed by atoms with Crippen LogP contribution >= 0.6 is 11.6 Å². The first-order valence-electron chi connectivity index (χ1n) is 9.92. The molecule has 3 N–H and O–H groups in total. The van der Waals surface area contributed by atoms with Crippen LogP contribution in [0.4, 0.5) is 24.5 Å². The Balaban J connectivity index is 1.48. The zero-order chi connectivity index (χ0) is 22.0. The topological polar surface area (TPSA) is 65.6 Å². The van der Waals surface area contributed by atoms with Crippen LogP contribution in [0.2, 0.25) is 5.02 Å². The Morgan fingerprint density at radius 2 is 1.90 bits per heavy atom. The van der Waals surface area contributed by atoms with Crippen molar-refractivity contribution in [2.75, 3.05) is 36.5 Å². The molecule has 0 bridgehead atoms. The standard InChI is InChI=1S/C21H22ClF3N4O2/c22-14-3-1-2-13(10-14)18-12-19(28-27-18)20(30)26-17-5-4-15(11-16(17)21(23,24)25)29-6-8-31-9-7-29/h1-5,10-11,18-19,27-28H,6-9,12H2,(H,26,30). The maximum Gasteiger partial charge on any atom is 0.418 e. The SMILES string of the molecule is O=C(Nc1ccc(N2CCOCC2)cc1C(F)(F)F)C1CC(c2cccc(Cl)c2)NN1. The highest BCUT2D eigenvalue weighted by molar-refractivity contribution is 6.30. The van der Waals surface area contributed by atoms with Gasteiger partial charge >= 0.3 is 6.18 Å². The number of rotatable bonds is 4. The predicted octanol–water partition coefficient (Wildman–Crippen LogP) is 3.74. The fourth-order valence-electron chi connectivity index (χ4n) is 3.78. The third-order valence-corrected chi connectivity index (χ3v) is 5.65. The average molecular weight is 455 g/mol. The number of anilines is 2. The lowest BCUT2D eigenvalue weighted by Gasteiger charge is -2.29. The maximum absolute atomic E-state index is 13.7. The normalized spacial score (nSPS) is 21.9. The molecule has 4 rings (SSSR count). The van der Waals surface area contributed by atoms with Gasteiger partial charge in [-0.2, -0.15) is 13.2 Å². The summed E-state index contributed by atoms with van der Waals surface area (Å²) in [4.78, 5) is 14.5. The molecule has 31 heavy (non-hydrogen) atoms. The molecule has 166 valence electrons. The monoisotopic (exact) mass is 454 g/mol. The molecule has 2 aromatic rings. The van der Waals surface area contributed by atoms with E-state index in [4.69, 9.17) is 16.3 Å². The number of benzene rings is 2. The molecule has 0 aliphatic carbocycles. The number of hydrazine groups is 1. The third-order valence-electron chi connectivity index (χ3n) is 5.41. The van der Waals surface area contributed by atoms with Crippen LogP contribution in [0.5, 0.6) is 0 Å². The molecule has 2 aliphatic rings. The van der Waals surface area contributed by atoms with Gasteiger partial charge in [-0.3, -0.25) is 4.79 Å². The van der Waals surface area contributed by atoms with Crippen molar-refractivity contribution in [1.29, 1.82) is 0 Å². The van der Waals surface area contributed by atoms with Crippen molar-refractivity contribution >= 4 is 28.9 Å². The lowest BCUT2D eigenvalue weighted by molar-refractivity contribution is -0.137. The van der Waals surface area contributed by atoms with Crippen molar-refractivity contribution in [1.82, 2.24) is 10.9 Å². The molecule has 0 radical (unpaired) electrons. The summed E-state index contributed by atoms with van der Waals surface area (Å²) < 4.78 is 46.4. The second-order valence-electron chi connectivity index (χ2n) is 7.50. The van der Waals surface area contributed by atoms with Gasteiger partial charge in [-0.05, 0) is 42.3 Å². The molecule has 0 saturated carbocycles. The number of hydrogen-bond donors (Lipinski definition) is 3. The zero-order valence-electron chi connectivity index (χ0n) is 16.5. The highest BCUT2D eigenvalue weighted by Crippen LogP contribution is 2.38. The van der Waals surface area contributed by atoms with Crippen LogP contribution in [0, 0.1) is 0 Å². The van der Waals surface area contributed by atoms with Crippen LogP contribution in [0.1, 0.15) is 23.6 Å². The Labute approximate surface area is 182 Å². The number of nitrogens with zero attached hydrogens (tertiary/aromatic N) is 1. The largest absolute Gasteiger partial charge is 0.418 e. The van der Waals surface area contributed by atoms with E-state index in [0.717, 1.165) is 11.6 Å².